The van der Waals surface area contributed by atoms with Crippen LogP contribution in [0.15, 0.2) is 67.1 Å². The lowest BCUT2D eigenvalue weighted by Gasteiger charge is -2.15. The van der Waals surface area contributed by atoms with E-state index < -0.39 is 95.9 Å². The molecule has 3 aliphatic rings. The zero-order valence-electron chi connectivity index (χ0n) is 52.3. The summed E-state index contributed by atoms with van der Waals surface area (Å²) in [5, 5.41) is 76.3. The molecule has 6 rings (SSSR count). The van der Waals surface area contributed by atoms with Gasteiger partial charge in [0.05, 0.1) is 18.6 Å². The van der Waals surface area contributed by atoms with E-state index in [4.69, 9.17) is 90.8 Å². The number of carbonyl (C=O) groups is 10. The van der Waals surface area contributed by atoms with Crippen molar-refractivity contribution in [2.75, 3.05) is 32.7 Å². The Morgan fingerprint density at radius 1 is 0.620 bits per heavy atom. The van der Waals surface area contributed by atoms with E-state index in [0.29, 0.717) is 37.3 Å². The zero-order chi connectivity index (χ0) is 70.5. The van der Waals surface area contributed by atoms with Gasteiger partial charge in [0.15, 0.2) is 5.96 Å². The van der Waals surface area contributed by atoms with Gasteiger partial charge in [-0.25, -0.2) is 19.4 Å². The Labute approximate surface area is 533 Å². The molecule has 0 spiro atoms. The molecule has 4 heterocycles. The number of ether oxygens (including phenoxy) is 2. The number of benzene rings is 2. The lowest BCUT2D eigenvalue weighted by molar-refractivity contribution is -0.162. The summed E-state index contributed by atoms with van der Waals surface area (Å²) in [6, 6.07) is 10.3. The second kappa shape index (κ2) is 49.2. The number of H-pyrrole nitrogens is 1. The van der Waals surface area contributed by atoms with Crippen LogP contribution in [0.3, 0.4) is 0 Å². The molecule has 0 saturated carbocycles. The maximum Gasteiger partial charge on any atom is 0.330 e. The average Bonchev–Trinajstić information content (AvgIpc) is 1.42. The number of hydrogen-bond donors (Lipinski definition) is 21. The fraction of sp³-hybridized carbons (Fsp3) is 0.552. The molecule has 2 aromatic carbocycles. The lowest BCUT2D eigenvalue weighted by atomic mass is 10.0. The van der Waals surface area contributed by atoms with Crippen LogP contribution in [-0.2, 0) is 71.9 Å². The highest BCUT2D eigenvalue weighted by Crippen LogP contribution is 2.15. The summed E-state index contributed by atoms with van der Waals surface area (Å²) in [5.41, 5.74) is 44.6. The van der Waals surface area contributed by atoms with Crippen LogP contribution in [0.1, 0.15) is 102 Å². The third kappa shape index (κ3) is 41.7. The Bertz CT molecular complexity index is 2600. The van der Waals surface area contributed by atoms with E-state index in [0.717, 1.165) is 75.7 Å². The molecule has 0 radical (unpaired) electrons. The first-order valence-electron chi connectivity index (χ1n) is 29.4. The summed E-state index contributed by atoms with van der Waals surface area (Å²) < 4.78 is 9.94. The van der Waals surface area contributed by atoms with E-state index in [2.05, 4.69) is 37.0 Å². The maximum absolute atomic E-state index is 12.0. The average molecular weight is 1310 g/mol. The summed E-state index contributed by atoms with van der Waals surface area (Å²) in [6.07, 6.45) is 11.0. The molecule has 29 N–H and O–H groups in total. The Balaban J connectivity index is 0. The normalized spacial score (nSPS) is 17.2. The van der Waals surface area contributed by atoms with E-state index >= 15 is 0 Å². The van der Waals surface area contributed by atoms with Crippen LogP contribution in [0.25, 0.3) is 0 Å². The number of nitrogens with two attached hydrogens (primary N) is 8. The van der Waals surface area contributed by atoms with Gasteiger partial charge in [0.25, 0.3) is 0 Å². The summed E-state index contributed by atoms with van der Waals surface area (Å²) in [4.78, 5) is 112. The number of guanidine groups is 1. The third-order valence-corrected chi connectivity index (χ3v) is 13.1. The van der Waals surface area contributed by atoms with Gasteiger partial charge in [-0.3, -0.25) is 39.0 Å². The Morgan fingerprint density at radius 2 is 1.08 bits per heavy atom. The highest BCUT2D eigenvalue weighted by atomic mass is 16.6. The van der Waals surface area contributed by atoms with Gasteiger partial charge in [-0.2, -0.15) is 0 Å². The second-order valence-electron chi connectivity index (χ2n) is 21.1. The standard InChI is InChI=1S/C18H20N2O4.C10H18N2O3.C6H14N4O2.C6H9N3O2.C6H13NO2.2C5H9NO2.C2H5NO2/c19-15(17(21)22)10-13-6-8-14(9-7-13)24-18(23)16(20)11-12-4-2-1-3-5-12;1-6(2)8(11)10(14)15-9(13)7-4-3-5-12-7;7-4(5(11)12)2-1-3-10-6(8)9;7-5(6(10)11)1-4-2-8-3-9-4;1-3-4(2)5(7)6(8)9;2*7-5(8)4-2-1-3-6-4;3-1-2(4)5/h1-9,15-16H,10-11,19-20H2,(H,21,22);6-8,12H,3-5,11H2,1-2H3;4H,1-3,7H2,(H,11,12)(H4,8,9,10);2-3,5H,1,7H2,(H,8,9)(H,10,11);4-5H,3,7H2,1-2H3,(H,8,9);2*4,6H,1-3H2,(H,7,8);1,3H2,(H,4,5)/t15-,16-;7-,8-;4-;5-;4-,5-;2*4-;/m0000000./s1. The van der Waals surface area contributed by atoms with Crippen molar-refractivity contribution in [3.05, 3.63) is 83.9 Å². The van der Waals surface area contributed by atoms with E-state index in [1.807, 2.05) is 58.0 Å². The number of nitrogens with one attached hydrogen (secondary N) is 6. The van der Waals surface area contributed by atoms with Crippen molar-refractivity contribution in [2.45, 2.75) is 159 Å². The summed E-state index contributed by atoms with van der Waals surface area (Å²) in [6.45, 7) is 10.1. The number of carboxylic acids is 7. The molecule has 34 heteroatoms. The minimum absolute atomic E-state index is 0.0261. The monoisotopic (exact) mass is 1310 g/mol. The Morgan fingerprint density at radius 3 is 1.43 bits per heavy atom. The molecule has 3 aliphatic heterocycles. The van der Waals surface area contributed by atoms with Gasteiger partial charge in [-0.05, 0) is 119 Å². The van der Waals surface area contributed by atoms with Crippen molar-refractivity contribution >= 4 is 65.7 Å². The van der Waals surface area contributed by atoms with Crippen molar-refractivity contribution in [2.24, 2.45) is 57.7 Å². The first-order chi connectivity index (χ1) is 43.2. The van der Waals surface area contributed by atoms with Crippen molar-refractivity contribution < 1.29 is 93.2 Å². The number of nitrogens with zero attached hydrogens (tertiary/aromatic N) is 1. The molecule has 0 amide bonds. The predicted molar refractivity (Wildman–Crippen MR) is 336 cm³/mol. The molecule has 3 aromatic rings. The fourth-order valence-electron chi connectivity index (χ4n) is 7.25. The number of imidazole rings is 1. The van der Waals surface area contributed by atoms with Crippen LogP contribution < -0.4 is 71.9 Å². The van der Waals surface area contributed by atoms with Gasteiger partial charge < -0.3 is 117 Å². The van der Waals surface area contributed by atoms with Crippen LogP contribution in [0, 0.1) is 17.2 Å². The zero-order valence-corrected chi connectivity index (χ0v) is 52.3. The highest BCUT2D eigenvalue weighted by molar-refractivity contribution is 5.91. The van der Waals surface area contributed by atoms with Crippen molar-refractivity contribution in [3.63, 3.8) is 0 Å². The SMILES string of the molecule is CC(C)[C@H](N)C(=O)OC(=O)[C@@H]1CCCN1.CC[C@H](C)[C@H](N)C(=O)O.N=C(N)NCCC[C@H](N)C(=O)O.NCC(=O)O.N[C@@H](Cc1c[nH]cn1)C(=O)O.N[C@@H](Cc1ccc(OC(=O)[C@@H](N)Cc2ccccc2)cc1)C(=O)O.O=C(O)[C@@H]1CCCN1.O=C(O)[C@@H]1CCCN1. The number of aromatic nitrogens is 2. The van der Waals surface area contributed by atoms with Gasteiger partial charge in [-0.15, -0.1) is 0 Å². The number of hydrogen-bond acceptors (Lipinski definition) is 24. The third-order valence-electron chi connectivity index (χ3n) is 13.1. The first kappa shape index (κ1) is 85.5. The number of esters is 3. The molecule has 10 atom stereocenters. The summed E-state index contributed by atoms with van der Waals surface area (Å²) >= 11 is 0. The minimum atomic E-state index is -1.06. The van der Waals surface area contributed by atoms with Gasteiger partial charge >= 0.3 is 59.7 Å². The van der Waals surface area contributed by atoms with Crippen molar-refractivity contribution in [1.29, 1.82) is 5.41 Å². The van der Waals surface area contributed by atoms with E-state index in [1.165, 1.54) is 6.33 Å². The number of rotatable bonds is 24. The number of carbonyl (C=O) groups excluding carboxylic acids is 3. The number of aliphatic carboxylic acids is 7. The van der Waals surface area contributed by atoms with Gasteiger partial charge in [0, 0.05) is 19.2 Å². The predicted octanol–water partition coefficient (Wildman–Crippen LogP) is -1.95. The molecule has 518 valence electrons. The molecule has 0 unspecified atom stereocenters. The van der Waals surface area contributed by atoms with Crippen LogP contribution >= 0.6 is 0 Å². The summed E-state index contributed by atoms with van der Waals surface area (Å²) in [5.74, 6) is -7.76. The maximum atomic E-state index is 12.0. The molecule has 0 bridgehead atoms. The molecule has 92 heavy (non-hydrogen) atoms. The van der Waals surface area contributed by atoms with E-state index in [1.54, 1.807) is 30.5 Å². The topological polar surface area (TPSA) is 640 Å². The molecule has 3 saturated heterocycles. The van der Waals surface area contributed by atoms with Crippen molar-refractivity contribution in [1.82, 2.24) is 31.2 Å². The number of carboxylic acid groups (broad SMARTS) is 7. The highest BCUT2D eigenvalue weighted by Gasteiger charge is 2.29. The van der Waals surface area contributed by atoms with Crippen molar-refractivity contribution in [3.8, 4) is 5.75 Å². The quantitative estimate of drug-likeness (QED) is 0.0116. The molecule has 3 fully saturated rings. The van der Waals surface area contributed by atoms with Crippen LogP contribution in [-0.4, -0.2) is 198 Å². The molecular weight excluding hydrogens is 1210 g/mol. The van der Waals surface area contributed by atoms with E-state index in [-0.39, 0.29) is 55.3 Å². The molecule has 34 nitrogen and oxygen atoms in total. The first-order valence-corrected chi connectivity index (χ1v) is 29.4. The van der Waals surface area contributed by atoms with Crippen LogP contribution in [0.4, 0.5) is 0 Å². The smallest absolute Gasteiger partial charge is 0.330 e. The molecule has 1 aromatic heterocycles. The van der Waals surface area contributed by atoms with Crippen LogP contribution in [0.5, 0.6) is 5.75 Å². The fourth-order valence-corrected chi connectivity index (χ4v) is 7.25. The summed E-state index contributed by atoms with van der Waals surface area (Å²) in [7, 11) is 0. The lowest BCUT2D eigenvalue weighted by Crippen LogP contribution is -2.41. The Hall–Kier alpha value is -8.58. The second-order valence-corrected chi connectivity index (χ2v) is 21.1. The molecule has 0 aliphatic carbocycles. The van der Waals surface area contributed by atoms with Gasteiger partial charge in [0.1, 0.15) is 60.1 Å². The number of aromatic amines is 1. The van der Waals surface area contributed by atoms with E-state index in [9.17, 15) is 47.9 Å². The minimum Gasteiger partial charge on any atom is -0.480 e. The van der Waals surface area contributed by atoms with Gasteiger partial charge in [0.2, 0.25) is 0 Å². The largest absolute Gasteiger partial charge is 0.480 e. The van der Waals surface area contributed by atoms with Crippen LogP contribution in [0.2, 0.25) is 0 Å². The van der Waals surface area contributed by atoms with Gasteiger partial charge in [-0.1, -0.05) is 76.6 Å². The Kier molecular flexibility index (Phi) is 45.7. The molecular formula is C58H97N15O19.